The molecule has 0 bridgehead atoms. The van der Waals surface area contributed by atoms with Crippen LogP contribution < -0.4 is 10.4 Å². The zero-order valence-electron chi connectivity index (χ0n) is 15.9. The van der Waals surface area contributed by atoms with Gasteiger partial charge in [0.1, 0.15) is 6.54 Å². The van der Waals surface area contributed by atoms with E-state index in [4.69, 9.17) is 0 Å². The van der Waals surface area contributed by atoms with Crippen LogP contribution in [0, 0.1) is 0 Å². The second kappa shape index (κ2) is 10.3. The van der Waals surface area contributed by atoms with E-state index < -0.39 is 53.7 Å². The van der Waals surface area contributed by atoms with Gasteiger partial charge in [-0.05, 0) is 5.75 Å². The van der Waals surface area contributed by atoms with Crippen molar-refractivity contribution >= 4 is 23.6 Å². The molecule has 30 heavy (non-hydrogen) atoms. The van der Waals surface area contributed by atoms with Crippen molar-refractivity contribution in [3.8, 4) is 0 Å². The largest absolute Gasteiger partial charge is 0.544 e. The summed E-state index contributed by atoms with van der Waals surface area (Å²) in [5.41, 5.74) is 0. The van der Waals surface area contributed by atoms with Crippen LogP contribution >= 0.6 is 11.8 Å². The Morgan fingerprint density at radius 2 is 1.50 bits per heavy atom. The molecule has 0 saturated heterocycles. The first-order valence-corrected chi connectivity index (χ1v) is 9.49. The summed E-state index contributed by atoms with van der Waals surface area (Å²) in [7, 11) is 3.21. The molecule has 0 saturated carbocycles. The molecule has 0 unspecified atom stereocenters. The van der Waals surface area contributed by atoms with Crippen molar-refractivity contribution in [2.75, 3.05) is 45.2 Å². The van der Waals surface area contributed by atoms with Gasteiger partial charge in [-0.1, -0.05) is 0 Å². The summed E-state index contributed by atoms with van der Waals surface area (Å²) in [4.78, 5) is 22.1. The minimum absolute atomic E-state index is 0.0683. The fraction of sp³-hybridized carbons (Fsp3) is 0.867. The fourth-order valence-electron chi connectivity index (χ4n) is 2.14. The van der Waals surface area contributed by atoms with Crippen LogP contribution in [0.25, 0.3) is 0 Å². The molecule has 0 spiro atoms. The maximum Gasteiger partial charge on any atom is 0.460 e. The van der Waals surface area contributed by atoms with E-state index in [1.807, 2.05) is 0 Å². The molecule has 0 atom stereocenters. The highest BCUT2D eigenvalue weighted by atomic mass is 32.2. The maximum absolute atomic E-state index is 13.3. The number of carbonyl (C=O) groups excluding carboxylic acids is 2. The Balaban J connectivity index is 4.38. The highest BCUT2D eigenvalue weighted by molar-refractivity contribution is 7.99. The number of halogens is 9. The summed E-state index contributed by atoms with van der Waals surface area (Å²) in [6.07, 6.45) is -8.52. The molecule has 0 aromatic carbocycles. The molecule has 0 aliphatic heterocycles. The summed E-state index contributed by atoms with van der Waals surface area (Å²) in [5, 5.41) is 12.9. The molecule has 0 aliphatic rings. The second-order valence-corrected chi connectivity index (χ2v) is 8.15. The molecule has 5 nitrogen and oxygen atoms in total. The van der Waals surface area contributed by atoms with Crippen molar-refractivity contribution in [1.29, 1.82) is 0 Å². The monoisotopic (exact) mass is 480 g/mol. The Hall–Kier alpha value is -1.38. The normalized spacial score (nSPS) is 14.0. The molecule has 0 radical (unpaired) electrons. The number of carboxylic acid groups (broad SMARTS) is 1. The van der Waals surface area contributed by atoms with Crippen molar-refractivity contribution in [2.24, 2.45) is 0 Å². The third-order valence-corrected chi connectivity index (χ3v) is 4.78. The van der Waals surface area contributed by atoms with E-state index in [0.717, 1.165) is 0 Å². The summed E-state index contributed by atoms with van der Waals surface area (Å²) in [6.45, 7) is 0.159. The van der Waals surface area contributed by atoms with Crippen LogP contribution in [0.15, 0.2) is 0 Å². The number of amides is 1. The zero-order valence-corrected chi connectivity index (χ0v) is 16.7. The minimum Gasteiger partial charge on any atom is -0.544 e. The van der Waals surface area contributed by atoms with Gasteiger partial charge in [-0.3, -0.25) is 4.79 Å². The highest BCUT2D eigenvalue weighted by Gasteiger charge is 2.81. The first-order chi connectivity index (χ1) is 13.3. The van der Waals surface area contributed by atoms with Crippen LogP contribution in [0.3, 0.4) is 0 Å². The number of alkyl halides is 9. The second-order valence-electron chi connectivity index (χ2n) is 7.05. The SMILES string of the molecule is C[N+](C)(CCCNC(=O)CSCCC(F)(F)C(F)(F)C(F)(F)C(F)(F)F)CC(=O)[O-]. The van der Waals surface area contributed by atoms with E-state index in [9.17, 15) is 54.2 Å². The minimum atomic E-state index is -6.92. The van der Waals surface area contributed by atoms with Gasteiger partial charge in [0, 0.05) is 19.4 Å². The third kappa shape index (κ3) is 8.04. The molecule has 0 heterocycles. The number of thioether (sulfide) groups is 1. The van der Waals surface area contributed by atoms with E-state index in [0.29, 0.717) is 24.7 Å². The van der Waals surface area contributed by atoms with Gasteiger partial charge in [-0.2, -0.15) is 51.3 Å². The Kier molecular flexibility index (Phi) is 9.81. The number of hydrogen-bond donors (Lipinski definition) is 1. The average Bonchev–Trinajstić information content (AvgIpc) is 2.53. The number of quaternary nitrogens is 1. The highest BCUT2D eigenvalue weighted by Crippen LogP contribution is 2.54. The summed E-state index contributed by atoms with van der Waals surface area (Å²) in [6, 6.07) is 0. The standard InChI is InChI=1S/C15H21F9N2O3S/c1-26(2,8-11(28)29)6-3-5-25-10(27)9-30-7-4-12(16,17)13(18,19)14(20,21)15(22,23)24/h3-9H2,1-2H3,(H-,25,27,28,29). The van der Waals surface area contributed by atoms with Gasteiger partial charge in [0.2, 0.25) is 5.91 Å². The predicted molar refractivity (Wildman–Crippen MR) is 87.3 cm³/mol. The Morgan fingerprint density at radius 1 is 0.967 bits per heavy atom. The average molecular weight is 480 g/mol. The van der Waals surface area contributed by atoms with Crippen LogP contribution in [0.4, 0.5) is 39.5 Å². The van der Waals surface area contributed by atoms with Crippen LogP contribution in [-0.4, -0.2) is 85.5 Å². The summed E-state index contributed by atoms with van der Waals surface area (Å²) < 4.78 is 114. The maximum atomic E-state index is 13.3. The van der Waals surface area contributed by atoms with Gasteiger partial charge in [0.15, 0.2) is 0 Å². The summed E-state index contributed by atoms with van der Waals surface area (Å²) >= 11 is 0.353. The van der Waals surface area contributed by atoms with E-state index in [-0.39, 0.29) is 17.6 Å². The molecule has 0 aromatic heterocycles. The zero-order chi connectivity index (χ0) is 24.0. The topological polar surface area (TPSA) is 69.2 Å². The Labute approximate surface area is 170 Å². The number of nitrogens with one attached hydrogen (secondary N) is 1. The number of aliphatic carboxylic acids is 1. The predicted octanol–water partition coefficient (Wildman–Crippen LogP) is 1.91. The lowest BCUT2D eigenvalue weighted by Gasteiger charge is -2.33. The molecular weight excluding hydrogens is 459 g/mol. The van der Waals surface area contributed by atoms with E-state index in [1.54, 1.807) is 14.1 Å². The molecule has 0 aromatic rings. The molecule has 178 valence electrons. The number of rotatable bonds is 13. The van der Waals surface area contributed by atoms with Crippen LogP contribution in [0.2, 0.25) is 0 Å². The van der Waals surface area contributed by atoms with E-state index >= 15 is 0 Å². The van der Waals surface area contributed by atoms with Crippen LogP contribution in [-0.2, 0) is 9.59 Å². The molecule has 1 amide bonds. The van der Waals surface area contributed by atoms with Crippen LogP contribution in [0.5, 0.6) is 0 Å². The van der Waals surface area contributed by atoms with Gasteiger partial charge in [0.25, 0.3) is 0 Å². The molecule has 0 rings (SSSR count). The lowest BCUT2D eigenvalue weighted by atomic mass is 10.0. The summed E-state index contributed by atoms with van der Waals surface area (Å²) in [5.74, 6) is -22.7. The van der Waals surface area contributed by atoms with Gasteiger partial charge >= 0.3 is 23.9 Å². The first kappa shape index (κ1) is 28.6. The van der Waals surface area contributed by atoms with Gasteiger partial charge in [-0.15, -0.1) is 0 Å². The number of nitrogens with zero attached hydrogens (tertiary/aromatic N) is 1. The quantitative estimate of drug-likeness (QED) is 0.249. The molecular formula is C15H21F9N2O3S. The number of likely N-dealkylation sites (N-methyl/N-ethyl adjacent to an activating group) is 1. The van der Waals surface area contributed by atoms with Crippen molar-refractivity contribution in [3.63, 3.8) is 0 Å². The van der Waals surface area contributed by atoms with Crippen molar-refractivity contribution < 1.29 is 58.7 Å². The van der Waals surface area contributed by atoms with Crippen molar-refractivity contribution in [1.82, 2.24) is 5.32 Å². The van der Waals surface area contributed by atoms with Crippen LogP contribution in [0.1, 0.15) is 12.8 Å². The van der Waals surface area contributed by atoms with Crippen molar-refractivity contribution in [2.45, 2.75) is 36.8 Å². The molecule has 1 N–H and O–H groups in total. The first-order valence-electron chi connectivity index (χ1n) is 8.33. The van der Waals surface area contributed by atoms with Gasteiger partial charge < -0.3 is 19.7 Å². The Bertz CT molecular complexity index is 598. The molecule has 15 heteroatoms. The number of hydrogen-bond acceptors (Lipinski definition) is 4. The number of carbonyl (C=O) groups is 2. The Morgan fingerprint density at radius 3 is 1.97 bits per heavy atom. The molecule has 0 fully saturated rings. The molecule has 0 aliphatic carbocycles. The lowest BCUT2D eigenvalue weighted by Crippen LogP contribution is -2.60. The van der Waals surface area contributed by atoms with E-state index in [1.165, 1.54) is 0 Å². The lowest BCUT2D eigenvalue weighted by molar-refractivity contribution is -0.884. The smallest absolute Gasteiger partial charge is 0.460 e. The van der Waals surface area contributed by atoms with Crippen molar-refractivity contribution in [3.05, 3.63) is 0 Å². The third-order valence-electron chi connectivity index (χ3n) is 3.82. The fourth-order valence-corrected chi connectivity index (χ4v) is 2.98. The van der Waals surface area contributed by atoms with Gasteiger partial charge in [-0.25, -0.2) is 0 Å². The van der Waals surface area contributed by atoms with Gasteiger partial charge in [0.05, 0.1) is 32.4 Å². The number of carboxylic acids is 1. The van der Waals surface area contributed by atoms with E-state index in [2.05, 4.69) is 5.32 Å².